The highest BCUT2D eigenvalue weighted by molar-refractivity contribution is 5.92. The molecule has 2 heterocycles. The molecule has 0 radical (unpaired) electrons. The molecule has 44 heavy (non-hydrogen) atoms. The van der Waals surface area contributed by atoms with Crippen molar-refractivity contribution in [1.29, 1.82) is 0 Å². The standard InChI is InChI=1S/C26H32N6O5.C3H6O2.C2H6/c1-4-27-25(35)24-29-28-23(20-13-19(16(2)3)21(33)14-22(20)34)32(24)18-7-5-17(6-8-18)15-30-9-11-31(12-10-30)26(36)37;1-2-3(4)5;1-2/h5-8,13-14,16,33-34H,4,9-12,15H2,1-3H3,(H,27,35)(H,36,37);2H2,1H3,(H,4,5);1-2H3. The van der Waals surface area contributed by atoms with E-state index in [1.165, 1.54) is 11.0 Å². The molecule has 2 amide bonds. The highest BCUT2D eigenvalue weighted by Crippen LogP contribution is 2.38. The van der Waals surface area contributed by atoms with Crippen LogP contribution in [0.25, 0.3) is 17.1 Å². The first-order valence-corrected chi connectivity index (χ1v) is 14.8. The van der Waals surface area contributed by atoms with E-state index in [1.54, 1.807) is 17.6 Å². The van der Waals surface area contributed by atoms with Crippen LogP contribution < -0.4 is 5.32 Å². The van der Waals surface area contributed by atoms with Crippen LogP contribution in [0.15, 0.2) is 36.4 Å². The van der Waals surface area contributed by atoms with Crippen molar-refractivity contribution in [3.05, 3.63) is 53.3 Å². The fourth-order valence-electron chi connectivity index (χ4n) is 4.43. The van der Waals surface area contributed by atoms with E-state index in [1.807, 2.05) is 58.9 Å². The number of amides is 2. The Balaban J connectivity index is 0.000000876. The number of rotatable bonds is 8. The Morgan fingerprint density at radius 3 is 2.00 bits per heavy atom. The number of nitrogens with one attached hydrogen (secondary N) is 1. The number of hydrogen-bond donors (Lipinski definition) is 5. The molecule has 240 valence electrons. The summed E-state index contributed by atoms with van der Waals surface area (Å²) in [7, 11) is 0. The van der Waals surface area contributed by atoms with Crippen molar-refractivity contribution in [3.8, 4) is 28.6 Å². The van der Waals surface area contributed by atoms with Crippen molar-refractivity contribution in [2.24, 2.45) is 0 Å². The van der Waals surface area contributed by atoms with Gasteiger partial charge in [0.2, 0.25) is 5.82 Å². The number of piperazine rings is 1. The van der Waals surface area contributed by atoms with Crippen LogP contribution in [0, 0.1) is 0 Å². The summed E-state index contributed by atoms with van der Waals surface area (Å²) in [6.07, 6.45) is -0.670. The topological polar surface area (TPSA) is 181 Å². The second-order valence-electron chi connectivity index (χ2n) is 10.1. The molecule has 0 atom stereocenters. The molecule has 0 bridgehead atoms. The summed E-state index contributed by atoms with van der Waals surface area (Å²) >= 11 is 0. The van der Waals surface area contributed by atoms with Crippen LogP contribution in [0.1, 0.15) is 75.6 Å². The minimum atomic E-state index is -0.892. The Morgan fingerprint density at radius 1 is 0.909 bits per heavy atom. The quantitative estimate of drug-likeness (QED) is 0.243. The van der Waals surface area contributed by atoms with Gasteiger partial charge in [0.1, 0.15) is 11.5 Å². The van der Waals surface area contributed by atoms with E-state index in [4.69, 9.17) is 10.2 Å². The van der Waals surface area contributed by atoms with Gasteiger partial charge in [-0.1, -0.05) is 46.8 Å². The third-order valence-electron chi connectivity index (χ3n) is 6.76. The first-order valence-electron chi connectivity index (χ1n) is 14.8. The zero-order chi connectivity index (χ0) is 33.0. The number of carboxylic acid groups (broad SMARTS) is 2. The lowest BCUT2D eigenvalue weighted by Gasteiger charge is -2.33. The van der Waals surface area contributed by atoms with Crippen molar-refractivity contribution in [2.75, 3.05) is 32.7 Å². The predicted molar refractivity (Wildman–Crippen MR) is 166 cm³/mol. The predicted octanol–water partition coefficient (Wildman–Crippen LogP) is 4.52. The number of aliphatic carboxylic acids is 1. The third kappa shape index (κ3) is 9.17. The molecular formula is C31H44N6O7. The minimum absolute atomic E-state index is 0.00442. The van der Waals surface area contributed by atoms with Crippen molar-refractivity contribution < 1.29 is 34.8 Å². The number of aromatic nitrogens is 3. The molecule has 0 spiro atoms. The van der Waals surface area contributed by atoms with Crippen molar-refractivity contribution in [2.45, 2.75) is 60.4 Å². The third-order valence-corrected chi connectivity index (χ3v) is 6.76. The maximum Gasteiger partial charge on any atom is 0.407 e. The molecular weight excluding hydrogens is 568 g/mol. The zero-order valence-electron chi connectivity index (χ0n) is 26.2. The molecule has 2 aromatic carbocycles. The fourth-order valence-corrected chi connectivity index (χ4v) is 4.43. The molecule has 13 nitrogen and oxygen atoms in total. The summed E-state index contributed by atoms with van der Waals surface area (Å²) in [6.45, 7) is 14.6. The Labute approximate surface area is 257 Å². The van der Waals surface area contributed by atoms with Crippen LogP contribution in [0.5, 0.6) is 11.5 Å². The second kappa shape index (κ2) is 16.8. The number of nitrogens with zero attached hydrogens (tertiary/aromatic N) is 5. The van der Waals surface area contributed by atoms with Gasteiger partial charge >= 0.3 is 12.1 Å². The van der Waals surface area contributed by atoms with Gasteiger partial charge in [-0.2, -0.15) is 0 Å². The molecule has 3 aromatic rings. The van der Waals surface area contributed by atoms with E-state index < -0.39 is 18.0 Å². The number of carbonyl (C=O) groups is 3. The highest BCUT2D eigenvalue weighted by atomic mass is 16.4. The molecule has 5 N–H and O–H groups in total. The molecule has 0 unspecified atom stereocenters. The lowest BCUT2D eigenvalue weighted by Crippen LogP contribution is -2.47. The van der Waals surface area contributed by atoms with E-state index in [-0.39, 0.29) is 35.5 Å². The van der Waals surface area contributed by atoms with Crippen LogP contribution in [0.2, 0.25) is 0 Å². The summed E-state index contributed by atoms with van der Waals surface area (Å²) < 4.78 is 1.59. The molecule has 1 fully saturated rings. The largest absolute Gasteiger partial charge is 0.508 e. The number of phenols is 2. The van der Waals surface area contributed by atoms with Crippen LogP contribution in [0.4, 0.5) is 4.79 Å². The molecule has 0 aliphatic carbocycles. The normalized spacial score (nSPS) is 12.9. The number of carbonyl (C=O) groups excluding carboxylic acids is 1. The Bertz CT molecular complexity index is 1400. The van der Waals surface area contributed by atoms with Gasteiger partial charge in [-0.25, -0.2) is 4.79 Å². The minimum Gasteiger partial charge on any atom is -0.508 e. The van der Waals surface area contributed by atoms with Gasteiger partial charge in [-0.05, 0) is 42.2 Å². The summed E-state index contributed by atoms with van der Waals surface area (Å²) in [6, 6.07) is 10.6. The van der Waals surface area contributed by atoms with Crippen LogP contribution in [-0.4, -0.2) is 95.7 Å². The molecule has 1 saturated heterocycles. The number of benzene rings is 2. The van der Waals surface area contributed by atoms with E-state index in [2.05, 4.69) is 20.4 Å². The first-order chi connectivity index (χ1) is 21.0. The Morgan fingerprint density at radius 2 is 1.50 bits per heavy atom. The Hall–Kier alpha value is -4.65. The van der Waals surface area contributed by atoms with Gasteiger partial charge in [-0.3, -0.25) is 19.1 Å². The van der Waals surface area contributed by atoms with Gasteiger partial charge in [0.15, 0.2) is 5.82 Å². The number of carboxylic acids is 1. The van der Waals surface area contributed by atoms with Gasteiger partial charge in [0.25, 0.3) is 5.91 Å². The SMILES string of the molecule is CC.CCC(=O)O.CCNC(=O)c1nnc(-c2cc(C(C)C)c(O)cc2O)n1-c1ccc(CN2CCN(C(=O)O)CC2)cc1. The van der Waals surface area contributed by atoms with E-state index in [9.17, 15) is 24.6 Å². The number of phenolic OH excluding ortho intramolecular Hbond substituents is 2. The highest BCUT2D eigenvalue weighted by Gasteiger charge is 2.25. The van der Waals surface area contributed by atoms with Crippen molar-refractivity contribution in [3.63, 3.8) is 0 Å². The molecule has 0 saturated carbocycles. The maximum atomic E-state index is 12.8. The maximum absolute atomic E-state index is 12.8. The van der Waals surface area contributed by atoms with Gasteiger partial charge in [-0.15, -0.1) is 10.2 Å². The molecule has 4 rings (SSSR count). The molecule has 1 aromatic heterocycles. The summed E-state index contributed by atoms with van der Waals surface area (Å²) in [4.78, 5) is 36.9. The van der Waals surface area contributed by atoms with Gasteiger partial charge < -0.3 is 30.6 Å². The lowest BCUT2D eigenvalue weighted by atomic mass is 9.98. The van der Waals surface area contributed by atoms with Gasteiger partial charge in [0, 0.05) is 57.4 Å². The zero-order valence-corrected chi connectivity index (χ0v) is 26.2. The summed E-state index contributed by atoms with van der Waals surface area (Å²) in [5.41, 5.74) is 2.67. The van der Waals surface area contributed by atoms with E-state index in [0.717, 1.165) is 5.56 Å². The Kier molecular flexibility index (Phi) is 13.6. The average molecular weight is 613 g/mol. The lowest BCUT2D eigenvalue weighted by molar-refractivity contribution is -0.136. The number of hydrogen-bond acceptors (Lipinski definition) is 8. The first kappa shape index (κ1) is 35.5. The van der Waals surface area contributed by atoms with Crippen LogP contribution in [-0.2, 0) is 11.3 Å². The van der Waals surface area contributed by atoms with Crippen molar-refractivity contribution in [1.82, 2.24) is 29.9 Å². The second-order valence-corrected chi connectivity index (χ2v) is 10.1. The van der Waals surface area contributed by atoms with E-state index in [0.29, 0.717) is 56.1 Å². The van der Waals surface area contributed by atoms with Crippen molar-refractivity contribution >= 4 is 18.0 Å². The fraction of sp³-hybridized carbons (Fsp3) is 0.452. The van der Waals surface area contributed by atoms with Gasteiger partial charge in [0.05, 0.1) is 5.56 Å². The molecule has 13 heteroatoms. The molecule has 1 aliphatic heterocycles. The van der Waals surface area contributed by atoms with Crippen LogP contribution >= 0.6 is 0 Å². The summed E-state index contributed by atoms with van der Waals surface area (Å²) in [5, 5.41) is 48.9. The molecule has 1 aliphatic rings. The monoisotopic (exact) mass is 612 g/mol. The summed E-state index contributed by atoms with van der Waals surface area (Å²) in [5.74, 6) is -0.981. The van der Waals surface area contributed by atoms with Crippen LogP contribution in [0.3, 0.4) is 0 Å². The smallest absolute Gasteiger partial charge is 0.407 e. The number of aromatic hydroxyl groups is 2. The average Bonchev–Trinajstić information content (AvgIpc) is 3.44. The van der Waals surface area contributed by atoms with E-state index >= 15 is 0 Å².